The highest BCUT2D eigenvalue weighted by Gasteiger charge is 2.30. The summed E-state index contributed by atoms with van der Waals surface area (Å²) < 4.78 is 11.1. The van der Waals surface area contributed by atoms with E-state index in [1.807, 2.05) is 0 Å². The van der Waals surface area contributed by atoms with Crippen molar-refractivity contribution < 1.29 is 4.74 Å². The van der Waals surface area contributed by atoms with Crippen LogP contribution in [0.15, 0.2) is 0 Å². The minimum atomic E-state index is 0.285. The summed E-state index contributed by atoms with van der Waals surface area (Å²) in [6, 6.07) is 0.726. The van der Waals surface area contributed by atoms with Crippen LogP contribution < -0.4 is 4.90 Å². The molecule has 3 heterocycles. The molecular weight excluding hydrogens is 346 g/mol. The Labute approximate surface area is 162 Å². The third-order valence-corrected chi connectivity index (χ3v) is 6.60. The fraction of sp³-hybridized carbons (Fsp3) is 0.895. The van der Waals surface area contributed by atoms with Crippen molar-refractivity contribution in [2.75, 3.05) is 31.1 Å². The zero-order valence-corrected chi connectivity index (χ0v) is 17.1. The second-order valence-electron chi connectivity index (χ2n) is 8.27. The number of aromatic nitrogens is 3. The lowest BCUT2D eigenvalue weighted by Gasteiger charge is -2.31. The van der Waals surface area contributed by atoms with Gasteiger partial charge in [0.05, 0.1) is 19.3 Å². The lowest BCUT2D eigenvalue weighted by Crippen LogP contribution is -2.35. The van der Waals surface area contributed by atoms with E-state index in [1.165, 1.54) is 25.7 Å². The molecule has 2 aliphatic heterocycles. The SMILES string of the molecule is CCN(Cn1nc(N2CCC(C)CC2)n(CC2CCCO2)c1=S)C1CC1. The van der Waals surface area contributed by atoms with Crippen molar-refractivity contribution in [3.63, 3.8) is 0 Å². The van der Waals surface area contributed by atoms with Crippen molar-refractivity contribution in [3.05, 3.63) is 4.77 Å². The zero-order valence-electron chi connectivity index (χ0n) is 16.3. The molecule has 2 saturated heterocycles. The number of hydrogen-bond donors (Lipinski definition) is 0. The van der Waals surface area contributed by atoms with Gasteiger partial charge in [-0.3, -0.25) is 9.47 Å². The molecule has 0 radical (unpaired) electrons. The van der Waals surface area contributed by atoms with Crippen LogP contribution in [0.25, 0.3) is 0 Å². The fourth-order valence-corrected chi connectivity index (χ4v) is 4.46. The number of rotatable bonds is 7. The van der Waals surface area contributed by atoms with E-state index >= 15 is 0 Å². The highest BCUT2D eigenvalue weighted by molar-refractivity contribution is 7.71. The van der Waals surface area contributed by atoms with E-state index < -0.39 is 0 Å². The van der Waals surface area contributed by atoms with Crippen molar-refractivity contribution in [1.82, 2.24) is 19.2 Å². The van der Waals surface area contributed by atoms with Crippen molar-refractivity contribution in [1.29, 1.82) is 0 Å². The molecule has 1 unspecified atom stereocenters. The third-order valence-electron chi connectivity index (χ3n) is 6.17. The molecule has 7 heteroatoms. The molecule has 3 aliphatic rings. The molecule has 0 spiro atoms. The van der Waals surface area contributed by atoms with E-state index in [9.17, 15) is 0 Å². The van der Waals surface area contributed by atoms with Crippen molar-refractivity contribution in [2.45, 2.75) is 77.7 Å². The highest BCUT2D eigenvalue weighted by atomic mass is 32.1. The van der Waals surface area contributed by atoms with Crippen LogP contribution in [0, 0.1) is 10.7 Å². The van der Waals surface area contributed by atoms with Gasteiger partial charge in [-0.2, -0.15) is 0 Å². The summed E-state index contributed by atoms with van der Waals surface area (Å²) >= 11 is 5.87. The largest absolute Gasteiger partial charge is 0.376 e. The van der Waals surface area contributed by atoms with E-state index in [0.717, 1.165) is 75.0 Å². The van der Waals surface area contributed by atoms with Gasteiger partial charge in [-0.05, 0) is 63.2 Å². The van der Waals surface area contributed by atoms with Crippen LogP contribution in [0.2, 0.25) is 0 Å². The Kier molecular flexibility index (Phi) is 5.66. The first-order valence-corrected chi connectivity index (χ1v) is 10.8. The normalized spacial score (nSPS) is 24.7. The fourth-order valence-electron chi connectivity index (χ4n) is 4.20. The molecule has 4 rings (SSSR count). The van der Waals surface area contributed by atoms with Crippen LogP contribution in [0.3, 0.4) is 0 Å². The average molecular weight is 380 g/mol. The third kappa shape index (κ3) is 3.99. The molecule has 146 valence electrons. The van der Waals surface area contributed by atoms with Gasteiger partial charge in [0.1, 0.15) is 0 Å². The molecule has 0 amide bonds. The molecule has 1 saturated carbocycles. The summed E-state index contributed by atoms with van der Waals surface area (Å²) in [5.41, 5.74) is 0. The predicted molar refractivity (Wildman–Crippen MR) is 106 cm³/mol. The number of piperidine rings is 1. The maximum absolute atomic E-state index is 5.90. The van der Waals surface area contributed by atoms with Gasteiger partial charge in [0.2, 0.25) is 10.7 Å². The monoisotopic (exact) mass is 379 g/mol. The molecule has 1 aliphatic carbocycles. The van der Waals surface area contributed by atoms with Crippen LogP contribution in [-0.2, 0) is 18.0 Å². The van der Waals surface area contributed by atoms with Crippen molar-refractivity contribution >= 4 is 18.2 Å². The first-order chi connectivity index (χ1) is 12.7. The lowest BCUT2D eigenvalue weighted by molar-refractivity contribution is 0.0964. The minimum absolute atomic E-state index is 0.285. The average Bonchev–Trinajstić information content (AvgIpc) is 3.28. The Morgan fingerprint density at radius 3 is 2.58 bits per heavy atom. The summed E-state index contributed by atoms with van der Waals surface area (Å²) in [4.78, 5) is 4.94. The first-order valence-electron chi connectivity index (χ1n) is 10.4. The Morgan fingerprint density at radius 2 is 1.96 bits per heavy atom. The molecule has 1 aromatic rings. The zero-order chi connectivity index (χ0) is 18.1. The highest BCUT2D eigenvalue weighted by Crippen LogP contribution is 2.28. The Morgan fingerprint density at radius 1 is 1.19 bits per heavy atom. The maximum atomic E-state index is 5.90. The van der Waals surface area contributed by atoms with Gasteiger partial charge >= 0.3 is 0 Å². The van der Waals surface area contributed by atoms with E-state index in [1.54, 1.807) is 0 Å². The molecule has 0 aromatic carbocycles. The van der Waals surface area contributed by atoms with Gasteiger partial charge in [0, 0.05) is 25.7 Å². The van der Waals surface area contributed by atoms with Gasteiger partial charge in [-0.25, -0.2) is 4.68 Å². The van der Waals surface area contributed by atoms with Gasteiger partial charge < -0.3 is 9.64 Å². The standard InChI is InChI=1S/C19H33N5OS/c1-3-21(16-6-7-16)14-24-19(26)23(13-17-5-4-12-25-17)18(20-24)22-10-8-15(2)9-11-22/h15-17H,3-14H2,1-2H3. The minimum Gasteiger partial charge on any atom is -0.376 e. The Hall–Kier alpha value is -0.920. The Balaban J connectivity index is 1.59. The van der Waals surface area contributed by atoms with Gasteiger partial charge in [-0.1, -0.05) is 13.8 Å². The number of ether oxygens (including phenoxy) is 1. The van der Waals surface area contributed by atoms with E-state index in [2.05, 4.69) is 32.9 Å². The van der Waals surface area contributed by atoms with Crippen molar-refractivity contribution in [3.8, 4) is 0 Å². The summed E-state index contributed by atoms with van der Waals surface area (Å²) in [6.07, 6.45) is 7.68. The summed E-state index contributed by atoms with van der Waals surface area (Å²) in [6.45, 7) is 10.3. The Bertz CT molecular complexity index is 653. The van der Waals surface area contributed by atoms with Crippen LogP contribution in [0.5, 0.6) is 0 Å². The molecular formula is C19H33N5OS. The summed E-state index contributed by atoms with van der Waals surface area (Å²) in [7, 11) is 0. The number of nitrogens with zero attached hydrogens (tertiary/aromatic N) is 5. The predicted octanol–water partition coefficient (Wildman–Crippen LogP) is 3.27. The van der Waals surface area contributed by atoms with E-state index in [-0.39, 0.29) is 6.10 Å². The smallest absolute Gasteiger partial charge is 0.226 e. The molecule has 1 aromatic heterocycles. The number of hydrogen-bond acceptors (Lipinski definition) is 5. The van der Waals surface area contributed by atoms with E-state index in [4.69, 9.17) is 22.1 Å². The molecule has 26 heavy (non-hydrogen) atoms. The molecule has 1 atom stereocenters. The summed E-state index contributed by atoms with van der Waals surface area (Å²) in [5.74, 6) is 1.87. The first kappa shape index (κ1) is 18.4. The quantitative estimate of drug-likeness (QED) is 0.680. The lowest BCUT2D eigenvalue weighted by atomic mass is 10.00. The maximum Gasteiger partial charge on any atom is 0.226 e. The molecule has 6 nitrogen and oxygen atoms in total. The topological polar surface area (TPSA) is 38.5 Å². The van der Waals surface area contributed by atoms with Crippen LogP contribution in [0.4, 0.5) is 5.95 Å². The van der Waals surface area contributed by atoms with Gasteiger partial charge in [0.15, 0.2) is 0 Å². The van der Waals surface area contributed by atoms with Crippen LogP contribution in [-0.4, -0.2) is 57.6 Å². The number of anilines is 1. The second kappa shape index (κ2) is 7.98. The molecule has 0 N–H and O–H groups in total. The molecule has 0 bridgehead atoms. The summed E-state index contributed by atoms with van der Waals surface area (Å²) in [5, 5.41) is 5.00. The van der Waals surface area contributed by atoms with Crippen LogP contribution in [0.1, 0.15) is 52.4 Å². The van der Waals surface area contributed by atoms with E-state index in [0.29, 0.717) is 0 Å². The van der Waals surface area contributed by atoms with Gasteiger partial charge in [-0.15, -0.1) is 5.10 Å². The second-order valence-corrected chi connectivity index (χ2v) is 8.64. The molecule has 3 fully saturated rings. The van der Waals surface area contributed by atoms with Crippen LogP contribution >= 0.6 is 12.2 Å². The van der Waals surface area contributed by atoms with Crippen molar-refractivity contribution in [2.24, 2.45) is 5.92 Å². The van der Waals surface area contributed by atoms with Gasteiger partial charge in [0.25, 0.3) is 0 Å².